The van der Waals surface area contributed by atoms with E-state index in [1.54, 1.807) is 0 Å². The smallest absolute Gasteiger partial charge is 0.404 e. The molecule has 0 aromatic heterocycles. The average Bonchev–Trinajstić information content (AvgIpc) is 2.26. The van der Waals surface area contributed by atoms with Gasteiger partial charge in [-0.25, -0.2) is 4.79 Å². The van der Waals surface area contributed by atoms with E-state index in [0.29, 0.717) is 6.54 Å². The van der Waals surface area contributed by atoms with Crippen LogP contribution >= 0.6 is 15.9 Å². The maximum absolute atomic E-state index is 10.5. The number of hydrogen-bond acceptors (Lipinski definition) is 2. The number of carboxylic acid groups (broad SMARTS) is 1. The van der Waals surface area contributed by atoms with Gasteiger partial charge in [-0.3, -0.25) is 0 Å². The zero-order valence-corrected chi connectivity index (χ0v) is 11.6. The lowest BCUT2D eigenvalue weighted by Gasteiger charge is -2.24. The molecular formula is C12H17BrN2O2. The third-order valence-corrected chi connectivity index (χ3v) is 3.13. The number of benzene rings is 1. The minimum absolute atomic E-state index is 0.160. The first-order chi connectivity index (χ1) is 7.99. The number of hydrogen-bond donors (Lipinski definition) is 2. The van der Waals surface area contributed by atoms with Crippen molar-refractivity contribution in [2.75, 3.05) is 20.6 Å². The summed E-state index contributed by atoms with van der Waals surface area (Å²) in [6.07, 6.45) is -0.159. The number of nitrogens with one attached hydrogen (secondary N) is 1. The molecule has 17 heavy (non-hydrogen) atoms. The molecule has 0 spiro atoms. The van der Waals surface area contributed by atoms with Gasteiger partial charge in [0.15, 0.2) is 0 Å². The summed E-state index contributed by atoms with van der Waals surface area (Å²) < 4.78 is 1.05. The Balaban J connectivity index is 2.60. The number of likely N-dealkylation sites (N-methyl/N-ethyl adjacent to an activating group) is 1. The van der Waals surface area contributed by atoms with Gasteiger partial charge in [0.05, 0.1) is 0 Å². The lowest BCUT2D eigenvalue weighted by atomic mass is 10.1. The quantitative estimate of drug-likeness (QED) is 0.876. The van der Waals surface area contributed by atoms with Crippen molar-refractivity contribution >= 4 is 22.0 Å². The number of nitrogens with zero attached hydrogens (tertiary/aromatic N) is 1. The van der Waals surface area contributed by atoms with E-state index in [1.165, 1.54) is 5.56 Å². The minimum atomic E-state index is -0.979. The lowest BCUT2D eigenvalue weighted by molar-refractivity contribution is 0.188. The molecule has 0 aliphatic carbocycles. The van der Waals surface area contributed by atoms with E-state index >= 15 is 0 Å². The summed E-state index contributed by atoms with van der Waals surface area (Å²) in [7, 11) is 3.90. The molecule has 1 rings (SSSR count). The summed E-state index contributed by atoms with van der Waals surface area (Å²) >= 11 is 3.39. The van der Waals surface area contributed by atoms with E-state index in [1.807, 2.05) is 43.3 Å². The second-order valence-corrected chi connectivity index (χ2v) is 5.05. The third-order valence-electron chi connectivity index (χ3n) is 2.60. The van der Waals surface area contributed by atoms with Crippen LogP contribution < -0.4 is 5.32 Å². The molecule has 0 heterocycles. The van der Waals surface area contributed by atoms with Crippen LogP contribution in [0, 0.1) is 0 Å². The van der Waals surface area contributed by atoms with E-state index in [9.17, 15) is 4.79 Å². The van der Waals surface area contributed by atoms with Gasteiger partial charge < -0.3 is 15.3 Å². The monoisotopic (exact) mass is 300 g/mol. The van der Waals surface area contributed by atoms with Crippen LogP contribution in [-0.4, -0.2) is 42.8 Å². The molecule has 0 fully saturated rings. The Morgan fingerprint density at radius 1 is 1.41 bits per heavy atom. The highest BCUT2D eigenvalue weighted by molar-refractivity contribution is 9.10. The normalized spacial score (nSPS) is 12.5. The van der Waals surface area contributed by atoms with Crippen LogP contribution in [0.15, 0.2) is 28.7 Å². The topological polar surface area (TPSA) is 52.6 Å². The minimum Gasteiger partial charge on any atom is -0.465 e. The highest BCUT2D eigenvalue weighted by Crippen LogP contribution is 2.12. The van der Waals surface area contributed by atoms with Crippen LogP contribution in [0.2, 0.25) is 0 Å². The molecule has 0 aliphatic heterocycles. The average molecular weight is 301 g/mol. The molecule has 2 N–H and O–H groups in total. The first-order valence-corrected chi connectivity index (χ1v) is 6.16. The molecule has 0 radical (unpaired) electrons. The maximum Gasteiger partial charge on any atom is 0.404 e. The number of carbonyl (C=O) groups is 1. The van der Waals surface area contributed by atoms with E-state index in [0.717, 1.165) is 10.9 Å². The molecule has 4 nitrogen and oxygen atoms in total. The van der Waals surface area contributed by atoms with Crippen molar-refractivity contribution in [2.24, 2.45) is 0 Å². The zero-order chi connectivity index (χ0) is 12.8. The Labute approximate surface area is 110 Å². The molecule has 1 amide bonds. The summed E-state index contributed by atoms with van der Waals surface area (Å²) in [6, 6.07) is 8.23. The van der Waals surface area contributed by atoms with Gasteiger partial charge >= 0.3 is 6.09 Å². The maximum atomic E-state index is 10.5. The van der Waals surface area contributed by atoms with Crippen molar-refractivity contribution in [1.82, 2.24) is 10.2 Å². The summed E-state index contributed by atoms with van der Waals surface area (Å²) in [5.74, 6) is 0. The fourth-order valence-corrected chi connectivity index (χ4v) is 1.80. The predicted molar refractivity (Wildman–Crippen MR) is 71.3 cm³/mol. The SMILES string of the molecule is CN(C)C(CNC(=O)O)Cc1ccc(Br)cc1. The molecular weight excluding hydrogens is 284 g/mol. The Morgan fingerprint density at radius 3 is 2.47 bits per heavy atom. The number of halogens is 1. The van der Waals surface area contributed by atoms with Gasteiger partial charge in [-0.1, -0.05) is 28.1 Å². The van der Waals surface area contributed by atoms with Gasteiger partial charge in [-0.2, -0.15) is 0 Å². The van der Waals surface area contributed by atoms with Crippen molar-refractivity contribution in [3.05, 3.63) is 34.3 Å². The van der Waals surface area contributed by atoms with Gasteiger partial charge in [-0.15, -0.1) is 0 Å². The molecule has 0 aliphatic rings. The van der Waals surface area contributed by atoms with Crippen LogP contribution in [0.25, 0.3) is 0 Å². The molecule has 0 bridgehead atoms. The molecule has 1 aromatic rings. The Bertz CT molecular complexity index is 365. The van der Waals surface area contributed by atoms with Crippen LogP contribution in [-0.2, 0) is 6.42 Å². The molecule has 1 atom stereocenters. The van der Waals surface area contributed by atoms with Gasteiger partial charge in [0, 0.05) is 17.1 Å². The molecule has 1 unspecified atom stereocenters. The molecule has 1 aromatic carbocycles. The van der Waals surface area contributed by atoms with Crippen molar-refractivity contribution in [2.45, 2.75) is 12.5 Å². The summed E-state index contributed by atoms with van der Waals surface area (Å²) in [4.78, 5) is 12.5. The van der Waals surface area contributed by atoms with Crippen LogP contribution in [0.5, 0.6) is 0 Å². The van der Waals surface area contributed by atoms with Crippen molar-refractivity contribution in [3.8, 4) is 0 Å². The van der Waals surface area contributed by atoms with Crippen LogP contribution in [0.3, 0.4) is 0 Å². The molecule has 5 heteroatoms. The molecule has 94 valence electrons. The van der Waals surface area contributed by atoms with Crippen molar-refractivity contribution in [3.63, 3.8) is 0 Å². The van der Waals surface area contributed by atoms with Gasteiger partial charge in [-0.05, 0) is 38.2 Å². The first kappa shape index (κ1) is 14.0. The van der Waals surface area contributed by atoms with Gasteiger partial charge in [0.2, 0.25) is 0 Å². The standard InChI is InChI=1S/C12H17BrN2O2/c1-15(2)11(8-14-12(16)17)7-9-3-5-10(13)6-4-9/h3-6,11,14H,7-8H2,1-2H3,(H,16,17). The summed E-state index contributed by atoms with van der Waals surface area (Å²) in [5, 5.41) is 11.0. The van der Waals surface area contributed by atoms with E-state index < -0.39 is 6.09 Å². The van der Waals surface area contributed by atoms with Gasteiger partial charge in [0.25, 0.3) is 0 Å². The third kappa shape index (κ3) is 5.19. The Kier molecular flexibility index (Phi) is 5.44. The highest BCUT2D eigenvalue weighted by Gasteiger charge is 2.13. The fraction of sp³-hybridized carbons (Fsp3) is 0.417. The lowest BCUT2D eigenvalue weighted by Crippen LogP contribution is -2.41. The summed E-state index contributed by atoms with van der Waals surface area (Å²) in [5.41, 5.74) is 1.19. The van der Waals surface area contributed by atoms with Crippen molar-refractivity contribution in [1.29, 1.82) is 0 Å². The van der Waals surface area contributed by atoms with Crippen LogP contribution in [0.4, 0.5) is 4.79 Å². The van der Waals surface area contributed by atoms with E-state index in [-0.39, 0.29) is 6.04 Å². The second-order valence-electron chi connectivity index (χ2n) is 4.13. The molecule has 0 saturated heterocycles. The Morgan fingerprint density at radius 2 is 2.00 bits per heavy atom. The largest absolute Gasteiger partial charge is 0.465 e. The molecule has 0 saturated carbocycles. The highest BCUT2D eigenvalue weighted by atomic mass is 79.9. The second kappa shape index (κ2) is 6.61. The van der Waals surface area contributed by atoms with Gasteiger partial charge in [0.1, 0.15) is 0 Å². The number of amides is 1. The van der Waals surface area contributed by atoms with Crippen LogP contribution in [0.1, 0.15) is 5.56 Å². The Hall–Kier alpha value is -1.07. The fourth-order valence-electron chi connectivity index (χ4n) is 1.54. The number of rotatable bonds is 5. The first-order valence-electron chi connectivity index (χ1n) is 5.36. The van der Waals surface area contributed by atoms with E-state index in [2.05, 4.69) is 21.2 Å². The van der Waals surface area contributed by atoms with E-state index in [4.69, 9.17) is 5.11 Å². The zero-order valence-electron chi connectivity index (χ0n) is 9.98. The predicted octanol–water partition coefficient (Wildman–Crippen LogP) is 2.19. The summed E-state index contributed by atoms with van der Waals surface area (Å²) in [6.45, 7) is 0.429. The van der Waals surface area contributed by atoms with Crippen molar-refractivity contribution < 1.29 is 9.90 Å².